The lowest BCUT2D eigenvalue weighted by Gasteiger charge is -2.10. The molecule has 0 aliphatic rings. The van der Waals surface area contributed by atoms with Crippen LogP contribution in [0.4, 0.5) is 0 Å². The highest BCUT2D eigenvalue weighted by Gasteiger charge is 2.18. The second-order valence-corrected chi connectivity index (χ2v) is 8.47. The van der Waals surface area contributed by atoms with Crippen LogP contribution in [0.25, 0.3) is 44.8 Å². The van der Waals surface area contributed by atoms with E-state index in [1.807, 2.05) is 36.4 Å². The number of ether oxygens (including phenoxy) is 2. The van der Waals surface area contributed by atoms with E-state index in [0.717, 1.165) is 82.3 Å². The van der Waals surface area contributed by atoms with Gasteiger partial charge in [-0.2, -0.15) is 0 Å². The van der Waals surface area contributed by atoms with Gasteiger partial charge in [-0.25, -0.2) is 9.97 Å². The van der Waals surface area contributed by atoms with E-state index in [1.54, 1.807) is 14.2 Å². The Labute approximate surface area is 199 Å². The summed E-state index contributed by atoms with van der Waals surface area (Å²) in [5.74, 6) is 3.57. The highest BCUT2D eigenvalue weighted by molar-refractivity contribution is 5.95. The van der Waals surface area contributed by atoms with Crippen molar-refractivity contribution < 1.29 is 9.47 Å². The molecule has 0 unspecified atom stereocenters. The van der Waals surface area contributed by atoms with E-state index in [4.69, 9.17) is 19.4 Å². The molecule has 0 bridgehead atoms. The third-order valence-electron chi connectivity index (χ3n) is 6.17. The molecule has 5 rings (SSSR count). The first kappa shape index (κ1) is 22.0. The van der Waals surface area contributed by atoms with Crippen LogP contribution in [0.15, 0.2) is 60.7 Å². The monoisotopic (exact) mass is 454 g/mol. The zero-order chi connectivity index (χ0) is 23.7. The number of fused-ring (bicyclic) bond motifs is 2. The largest absolute Gasteiger partial charge is 0.497 e. The minimum absolute atomic E-state index is 0.830. The van der Waals surface area contributed by atoms with Crippen molar-refractivity contribution in [3.05, 3.63) is 60.7 Å². The molecule has 2 aromatic heterocycles. The zero-order valence-corrected chi connectivity index (χ0v) is 20.2. The average Bonchev–Trinajstić information content (AvgIpc) is 3.41. The van der Waals surface area contributed by atoms with Gasteiger partial charge in [-0.1, -0.05) is 38.1 Å². The van der Waals surface area contributed by atoms with E-state index in [9.17, 15) is 0 Å². The number of imidazole rings is 2. The Hall–Kier alpha value is -3.80. The van der Waals surface area contributed by atoms with Crippen LogP contribution in [0.3, 0.4) is 0 Å². The van der Waals surface area contributed by atoms with Crippen molar-refractivity contribution in [1.82, 2.24) is 19.1 Å². The van der Waals surface area contributed by atoms with E-state index < -0.39 is 0 Å². The second kappa shape index (κ2) is 9.21. The molecule has 6 nitrogen and oxygen atoms in total. The van der Waals surface area contributed by atoms with Crippen LogP contribution in [-0.4, -0.2) is 33.3 Å². The van der Waals surface area contributed by atoms with Crippen LogP contribution in [0.1, 0.15) is 26.7 Å². The van der Waals surface area contributed by atoms with Crippen molar-refractivity contribution in [3.8, 4) is 34.3 Å². The molecular weight excluding hydrogens is 424 g/mol. The highest BCUT2D eigenvalue weighted by Crippen LogP contribution is 2.33. The van der Waals surface area contributed by atoms with Gasteiger partial charge in [0.1, 0.15) is 23.1 Å². The molecule has 0 N–H and O–H groups in total. The molecular formula is C28H30N4O2. The molecule has 0 aliphatic carbocycles. The van der Waals surface area contributed by atoms with Gasteiger partial charge in [0.25, 0.3) is 0 Å². The molecule has 2 heterocycles. The molecule has 0 atom stereocenters. The number of aryl methyl sites for hydroxylation is 2. The summed E-state index contributed by atoms with van der Waals surface area (Å²) < 4.78 is 15.5. The summed E-state index contributed by atoms with van der Waals surface area (Å²) in [5.41, 5.74) is 6.27. The first-order chi connectivity index (χ1) is 16.7. The zero-order valence-electron chi connectivity index (χ0n) is 20.2. The Morgan fingerprint density at radius 1 is 0.647 bits per heavy atom. The number of nitrogens with zero attached hydrogens (tertiary/aromatic N) is 4. The summed E-state index contributed by atoms with van der Waals surface area (Å²) in [7, 11) is 3.39. The van der Waals surface area contributed by atoms with Gasteiger partial charge >= 0.3 is 0 Å². The second-order valence-electron chi connectivity index (χ2n) is 8.47. The minimum Gasteiger partial charge on any atom is -0.497 e. The topological polar surface area (TPSA) is 54.1 Å². The van der Waals surface area contributed by atoms with Crippen molar-refractivity contribution in [3.63, 3.8) is 0 Å². The van der Waals surface area contributed by atoms with Gasteiger partial charge in [0.15, 0.2) is 0 Å². The SMILES string of the molecule is CCCn1c(-c2cccc(OC)c2)nc2cc3nc(-c4cccc(OC)c4)n(CCC)c3cc21. The van der Waals surface area contributed by atoms with Gasteiger partial charge < -0.3 is 18.6 Å². The number of rotatable bonds is 8. The predicted octanol–water partition coefficient (Wildman–Crippen LogP) is 6.56. The Balaban J connectivity index is 1.73. The normalized spacial score (nSPS) is 11.4. The van der Waals surface area contributed by atoms with Crippen LogP contribution in [-0.2, 0) is 13.1 Å². The van der Waals surface area contributed by atoms with Gasteiger partial charge in [0.2, 0.25) is 0 Å². The van der Waals surface area contributed by atoms with Gasteiger partial charge in [-0.05, 0) is 49.2 Å². The Morgan fingerprint density at radius 2 is 1.12 bits per heavy atom. The number of benzene rings is 3. The summed E-state index contributed by atoms with van der Waals surface area (Å²) >= 11 is 0. The summed E-state index contributed by atoms with van der Waals surface area (Å²) in [4.78, 5) is 10.1. The molecule has 0 amide bonds. The molecule has 0 fully saturated rings. The first-order valence-corrected chi connectivity index (χ1v) is 11.9. The highest BCUT2D eigenvalue weighted by atomic mass is 16.5. The number of hydrogen-bond donors (Lipinski definition) is 0. The van der Waals surface area contributed by atoms with Crippen molar-refractivity contribution in [2.24, 2.45) is 0 Å². The lowest BCUT2D eigenvalue weighted by atomic mass is 10.2. The summed E-state index contributed by atoms with van der Waals surface area (Å²) in [6, 6.07) is 20.6. The first-order valence-electron chi connectivity index (χ1n) is 11.9. The van der Waals surface area contributed by atoms with Crippen molar-refractivity contribution in [2.45, 2.75) is 39.8 Å². The van der Waals surface area contributed by atoms with E-state index in [1.165, 1.54) is 0 Å². The van der Waals surface area contributed by atoms with Gasteiger partial charge in [0, 0.05) is 24.2 Å². The van der Waals surface area contributed by atoms with Crippen LogP contribution in [0.5, 0.6) is 11.5 Å². The number of hydrogen-bond acceptors (Lipinski definition) is 4. The third-order valence-corrected chi connectivity index (χ3v) is 6.17. The molecule has 6 heteroatoms. The molecule has 0 spiro atoms. The van der Waals surface area contributed by atoms with Crippen molar-refractivity contribution in [2.75, 3.05) is 14.2 Å². The molecule has 34 heavy (non-hydrogen) atoms. The summed E-state index contributed by atoms with van der Waals surface area (Å²) in [6.07, 6.45) is 2.04. The molecule has 3 aromatic carbocycles. The Kier molecular flexibility index (Phi) is 5.97. The molecule has 0 aliphatic heterocycles. The standard InChI is InChI=1S/C28H30N4O2/c1-5-13-31-25-18-26-24(17-23(25)29-27(31)19-9-7-11-21(15-19)33-3)30-28(32(26)14-6-2)20-10-8-12-22(16-20)34-4/h7-12,15-18H,5-6,13-14H2,1-4H3. The van der Waals surface area contributed by atoms with Crippen molar-refractivity contribution >= 4 is 22.1 Å². The molecule has 0 saturated carbocycles. The molecule has 5 aromatic rings. The maximum absolute atomic E-state index is 5.46. The Bertz CT molecular complexity index is 1360. The summed E-state index contributed by atoms with van der Waals surface area (Å²) in [5, 5.41) is 0. The van der Waals surface area contributed by atoms with Crippen LogP contribution in [0.2, 0.25) is 0 Å². The smallest absolute Gasteiger partial charge is 0.141 e. The number of aromatic nitrogens is 4. The lowest BCUT2D eigenvalue weighted by molar-refractivity contribution is 0.415. The maximum atomic E-state index is 5.46. The van der Waals surface area contributed by atoms with E-state index >= 15 is 0 Å². The summed E-state index contributed by atoms with van der Waals surface area (Å²) in [6.45, 7) is 6.17. The fraction of sp³-hybridized carbons (Fsp3) is 0.286. The Morgan fingerprint density at radius 3 is 1.53 bits per heavy atom. The predicted molar refractivity (Wildman–Crippen MR) is 138 cm³/mol. The van der Waals surface area contributed by atoms with Gasteiger partial charge in [-0.3, -0.25) is 0 Å². The van der Waals surface area contributed by atoms with Crippen LogP contribution < -0.4 is 9.47 Å². The third kappa shape index (κ3) is 3.79. The van der Waals surface area contributed by atoms with E-state index in [0.29, 0.717) is 0 Å². The number of methoxy groups -OCH3 is 2. The maximum Gasteiger partial charge on any atom is 0.141 e. The van der Waals surface area contributed by atoms with Crippen LogP contribution >= 0.6 is 0 Å². The fourth-order valence-corrected chi connectivity index (χ4v) is 4.61. The van der Waals surface area contributed by atoms with Gasteiger partial charge in [0.05, 0.1) is 36.3 Å². The van der Waals surface area contributed by atoms with Crippen molar-refractivity contribution in [1.29, 1.82) is 0 Å². The van der Waals surface area contributed by atoms with E-state index in [2.05, 4.69) is 47.2 Å². The van der Waals surface area contributed by atoms with E-state index in [-0.39, 0.29) is 0 Å². The lowest BCUT2D eigenvalue weighted by Crippen LogP contribution is -2.01. The molecule has 0 radical (unpaired) electrons. The quantitative estimate of drug-likeness (QED) is 0.266. The molecule has 174 valence electrons. The fourth-order valence-electron chi connectivity index (χ4n) is 4.61. The van der Waals surface area contributed by atoms with Gasteiger partial charge in [-0.15, -0.1) is 0 Å². The molecule has 0 saturated heterocycles. The minimum atomic E-state index is 0.830. The average molecular weight is 455 g/mol. The van der Waals surface area contributed by atoms with Crippen LogP contribution in [0, 0.1) is 0 Å².